The zero-order valence-electron chi connectivity index (χ0n) is 11.6. The third-order valence-corrected chi connectivity index (χ3v) is 3.80. The fourth-order valence-electron chi connectivity index (χ4n) is 1.67. The van der Waals surface area contributed by atoms with E-state index in [9.17, 15) is 18.5 Å². The largest absolute Gasteiger partial charge is 0.384 e. The molecular weight excluding hydrogens is 284 g/mol. The second-order valence-electron chi connectivity index (χ2n) is 4.65. The highest BCUT2D eigenvalue weighted by atomic mass is 32.2. The Morgan fingerprint density at radius 1 is 1.45 bits per heavy atom. The van der Waals surface area contributed by atoms with Crippen molar-refractivity contribution in [3.8, 4) is 0 Å². The van der Waals surface area contributed by atoms with Gasteiger partial charge in [-0.15, -0.1) is 0 Å². The Hall–Kier alpha value is -1.67. The van der Waals surface area contributed by atoms with Crippen LogP contribution in [0.2, 0.25) is 0 Å². The van der Waals surface area contributed by atoms with E-state index in [1.165, 1.54) is 12.1 Å². The summed E-state index contributed by atoms with van der Waals surface area (Å²) in [7, 11) is -1.88. The monoisotopic (exact) mass is 302 g/mol. The smallest absolute Gasteiger partial charge is 0.293 e. The molecule has 20 heavy (non-hydrogen) atoms. The van der Waals surface area contributed by atoms with Crippen LogP contribution in [0.25, 0.3) is 0 Å². The van der Waals surface area contributed by atoms with Crippen LogP contribution in [-0.4, -0.2) is 39.9 Å². The van der Waals surface area contributed by atoms with Gasteiger partial charge in [0, 0.05) is 26.0 Å². The normalized spacial score (nSPS) is 12.9. The molecule has 1 aromatic rings. The number of hydrogen-bond donors (Lipinski definition) is 1. The summed E-state index contributed by atoms with van der Waals surface area (Å²) in [6, 6.07) is 3.83. The first-order valence-electron chi connectivity index (χ1n) is 5.97. The predicted octanol–water partition coefficient (Wildman–Crippen LogP) is 1.69. The molecule has 0 aliphatic heterocycles. The summed E-state index contributed by atoms with van der Waals surface area (Å²) >= 11 is 0. The fraction of sp³-hybridized carbons (Fsp3) is 0.500. The number of benzene rings is 1. The van der Waals surface area contributed by atoms with Gasteiger partial charge >= 0.3 is 0 Å². The summed E-state index contributed by atoms with van der Waals surface area (Å²) in [5.41, 5.74) is 0.0443. The quantitative estimate of drug-likeness (QED) is 0.608. The summed E-state index contributed by atoms with van der Waals surface area (Å²) < 4.78 is 27.8. The van der Waals surface area contributed by atoms with Gasteiger partial charge in [0.05, 0.1) is 16.4 Å². The first-order valence-corrected chi connectivity index (χ1v) is 7.86. The van der Waals surface area contributed by atoms with Crippen LogP contribution in [0.4, 0.5) is 11.4 Å². The molecule has 0 saturated heterocycles. The fourth-order valence-corrected chi connectivity index (χ4v) is 2.31. The molecule has 8 heteroatoms. The second-order valence-corrected chi connectivity index (χ2v) is 6.67. The van der Waals surface area contributed by atoms with Gasteiger partial charge in [0.15, 0.2) is 9.84 Å². The number of rotatable bonds is 7. The Balaban J connectivity index is 3.00. The average Bonchev–Trinajstić information content (AvgIpc) is 2.35. The molecule has 0 fully saturated rings. The van der Waals surface area contributed by atoms with Gasteiger partial charge in [0.25, 0.3) is 5.69 Å². The topological polar surface area (TPSA) is 98.5 Å². The van der Waals surface area contributed by atoms with Crippen molar-refractivity contribution in [1.82, 2.24) is 0 Å². The van der Waals surface area contributed by atoms with Gasteiger partial charge < -0.3 is 10.1 Å². The number of sulfone groups is 1. The molecule has 1 aromatic carbocycles. The highest BCUT2D eigenvalue weighted by molar-refractivity contribution is 7.90. The molecule has 0 aliphatic carbocycles. The van der Waals surface area contributed by atoms with Crippen LogP contribution < -0.4 is 5.32 Å². The standard InChI is InChI=1S/C12H18N2O5S/c1-9(8-19-2)7-13-11-5-4-10(20(3,17)18)6-12(11)14(15)16/h4-6,9,13H,7-8H2,1-3H3. The Bertz CT molecular complexity index is 586. The van der Waals surface area contributed by atoms with Gasteiger partial charge in [-0.25, -0.2) is 8.42 Å². The molecule has 1 unspecified atom stereocenters. The molecule has 112 valence electrons. The number of nitro benzene ring substituents is 1. The van der Waals surface area contributed by atoms with Crippen molar-refractivity contribution in [2.24, 2.45) is 5.92 Å². The van der Waals surface area contributed by atoms with Crippen molar-refractivity contribution in [3.63, 3.8) is 0 Å². The number of anilines is 1. The van der Waals surface area contributed by atoms with Crippen LogP contribution in [0.1, 0.15) is 6.92 Å². The lowest BCUT2D eigenvalue weighted by atomic mass is 10.2. The van der Waals surface area contributed by atoms with Gasteiger partial charge in [-0.2, -0.15) is 0 Å². The zero-order chi connectivity index (χ0) is 15.3. The van der Waals surface area contributed by atoms with Crippen LogP contribution in [-0.2, 0) is 14.6 Å². The Labute approximate surface area is 118 Å². The van der Waals surface area contributed by atoms with Gasteiger partial charge in [-0.1, -0.05) is 6.92 Å². The molecule has 0 amide bonds. The van der Waals surface area contributed by atoms with Crippen molar-refractivity contribution in [2.45, 2.75) is 11.8 Å². The van der Waals surface area contributed by atoms with Gasteiger partial charge in [-0.05, 0) is 18.1 Å². The summed E-state index contributed by atoms with van der Waals surface area (Å²) in [4.78, 5) is 10.3. The van der Waals surface area contributed by atoms with Crippen molar-refractivity contribution in [3.05, 3.63) is 28.3 Å². The summed E-state index contributed by atoms with van der Waals surface area (Å²) in [6.07, 6.45) is 1.01. The SMILES string of the molecule is COCC(C)CNc1ccc(S(C)(=O)=O)cc1[N+](=O)[O-]. The molecule has 0 bridgehead atoms. The minimum absolute atomic E-state index is 0.0697. The maximum absolute atomic E-state index is 11.4. The first-order chi connectivity index (χ1) is 9.25. The summed E-state index contributed by atoms with van der Waals surface area (Å²) in [6.45, 7) is 2.96. The van der Waals surface area contributed by atoms with E-state index in [0.717, 1.165) is 12.3 Å². The van der Waals surface area contributed by atoms with E-state index >= 15 is 0 Å². The number of ether oxygens (including phenoxy) is 1. The molecule has 0 aliphatic rings. The summed E-state index contributed by atoms with van der Waals surface area (Å²) in [5.74, 6) is 0.175. The van der Waals surface area contributed by atoms with Crippen LogP contribution >= 0.6 is 0 Å². The lowest BCUT2D eigenvalue weighted by molar-refractivity contribution is -0.384. The summed E-state index contributed by atoms with van der Waals surface area (Å²) in [5, 5.41) is 14.0. The van der Waals surface area contributed by atoms with Crippen molar-refractivity contribution in [2.75, 3.05) is 31.8 Å². The molecule has 1 N–H and O–H groups in total. The van der Waals surface area contributed by atoms with Crippen LogP contribution in [0.15, 0.2) is 23.1 Å². The minimum atomic E-state index is -3.47. The Morgan fingerprint density at radius 2 is 2.10 bits per heavy atom. The van der Waals surface area contributed by atoms with E-state index in [2.05, 4.69) is 5.32 Å². The maximum Gasteiger partial charge on any atom is 0.293 e. The third-order valence-electron chi connectivity index (χ3n) is 2.69. The Kier molecular flexibility index (Phi) is 5.46. The van der Waals surface area contributed by atoms with E-state index in [0.29, 0.717) is 18.8 Å². The highest BCUT2D eigenvalue weighted by Crippen LogP contribution is 2.27. The highest BCUT2D eigenvalue weighted by Gasteiger charge is 2.18. The number of nitrogens with one attached hydrogen (secondary N) is 1. The molecule has 0 heterocycles. The molecule has 0 saturated carbocycles. The molecule has 1 atom stereocenters. The lowest BCUT2D eigenvalue weighted by Gasteiger charge is -2.13. The first kappa shape index (κ1) is 16.4. The molecular formula is C12H18N2O5S. The van der Waals surface area contributed by atoms with Crippen molar-refractivity contribution >= 4 is 21.2 Å². The third kappa shape index (κ3) is 4.46. The number of nitrogens with zero attached hydrogens (tertiary/aromatic N) is 1. The van der Waals surface area contributed by atoms with E-state index < -0.39 is 14.8 Å². The second kappa shape index (κ2) is 6.67. The molecule has 7 nitrogen and oxygen atoms in total. The number of methoxy groups -OCH3 is 1. The van der Waals surface area contributed by atoms with Crippen LogP contribution in [0.5, 0.6) is 0 Å². The van der Waals surface area contributed by atoms with Crippen LogP contribution in [0.3, 0.4) is 0 Å². The van der Waals surface area contributed by atoms with Gasteiger partial charge in [-0.3, -0.25) is 10.1 Å². The van der Waals surface area contributed by atoms with Gasteiger partial charge in [0.2, 0.25) is 0 Å². The zero-order valence-corrected chi connectivity index (χ0v) is 12.4. The number of hydrogen-bond acceptors (Lipinski definition) is 6. The molecule has 0 radical (unpaired) electrons. The Morgan fingerprint density at radius 3 is 2.60 bits per heavy atom. The lowest BCUT2D eigenvalue weighted by Crippen LogP contribution is -2.16. The van der Waals surface area contributed by atoms with E-state index in [-0.39, 0.29) is 16.5 Å². The van der Waals surface area contributed by atoms with Crippen molar-refractivity contribution < 1.29 is 18.1 Å². The van der Waals surface area contributed by atoms with Gasteiger partial charge in [0.1, 0.15) is 5.69 Å². The molecule has 0 spiro atoms. The number of nitro groups is 1. The predicted molar refractivity (Wildman–Crippen MR) is 75.7 cm³/mol. The maximum atomic E-state index is 11.4. The minimum Gasteiger partial charge on any atom is -0.384 e. The van der Waals surface area contributed by atoms with E-state index in [1.54, 1.807) is 7.11 Å². The molecule has 0 aromatic heterocycles. The van der Waals surface area contributed by atoms with E-state index in [1.807, 2.05) is 6.92 Å². The van der Waals surface area contributed by atoms with Crippen molar-refractivity contribution in [1.29, 1.82) is 0 Å². The van der Waals surface area contributed by atoms with E-state index in [4.69, 9.17) is 4.74 Å². The average molecular weight is 302 g/mol. The van der Waals surface area contributed by atoms with Crippen LogP contribution in [0, 0.1) is 16.0 Å². The molecule has 1 rings (SSSR count).